The first-order valence-electron chi connectivity index (χ1n) is 11.1. The predicted octanol–water partition coefficient (Wildman–Crippen LogP) is 3.29. The summed E-state index contributed by atoms with van der Waals surface area (Å²) in [6, 6.07) is 8.48. The maximum atomic E-state index is 6.06. The molecule has 0 saturated carbocycles. The third-order valence-electron chi connectivity index (χ3n) is 5.17. The van der Waals surface area contributed by atoms with Crippen molar-refractivity contribution in [2.24, 2.45) is 4.99 Å². The van der Waals surface area contributed by atoms with E-state index in [0.29, 0.717) is 19.8 Å². The van der Waals surface area contributed by atoms with Crippen LogP contribution in [0.3, 0.4) is 0 Å². The van der Waals surface area contributed by atoms with E-state index in [0.717, 1.165) is 49.3 Å². The van der Waals surface area contributed by atoms with E-state index in [1.165, 1.54) is 5.56 Å². The summed E-state index contributed by atoms with van der Waals surface area (Å²) < 4.78 is 13.2. The van der Waals surface area contributed by atoms with Crippen molar-refractivity contribution in [3.63, 3.8) is 0 Å². The Labute approximate surface area is 208 Å². The number of rotatable bonds is 8. The lowest BCUT2D eigenvalue weighted by molar-refractivity contribution is 0.177. The van der Waals surface area contributed by atoms with Gasteiger partial charge in [-0.15, -0.1) is 24.0 Å². The molecule has 0 spiro atoms. The molecule has 1 aromatic carbocycles. The Morgan fingerprint density at radius 2 is 2.06 bits per heavy atom. The van der Waals surface area contributed by atoms with Gasteiger partial charge in [0.1, 0.15) is 24.8 Å². The van der Waals surface area contributed by atoms with Crippen LogP contribution in [0.15, 0.2) is 29.3 Å². The van der Waals surface area contributed by atoms with Crippen LogP contribution in [0.1, 0.15) is 51.3 Å². The summed E-state index contributed by atoms with van der Waals surface area (Å²) in [7, 11) is 1.66. The highest BCUT2D eigenvalue weighted by atomic mass is 127. The third-order valence-corrected chi connectivity index (χ3v) is 5.17. The van der Waals surface area contributed by atoms with E-state index < -0.39 is 0 Å². The molecule has 9 heteroatoms. The second-order valence-corrected chi connectivity index (χ2v) is 8.79. The highest BCUT2D eigenvalue weighted by Crippen LogP contribution is 2.30. The van der Waals surface area contributed by atoms with Crippen molar-refractivity contribution in [2.45, 2.75) is 65.1 Å². The Kier molecular flexibility index (Phi) is 10.2. The Morgan fingerprint density at radius 3 is 2.78 bits per heavy atom. The largest absolute Gasteiger partial charge is 0.491 e. The Morgan fingerprint density at radius 1 is 1.28 bits per heavy atom. The van der Waals surface area contributed by atoms with E-state index in [2.05, 4.69) is 60.5 Å². The number of ether oxygens (including phenoxy) is 2. The molecule has 1 atom stereocenters. The van der Waals surface area contributed by atoms with Crippen LogP contribution in [0.5, 0.6) is 5.75 Å². The predicted molar refractivity (Wildman–Crippen MR) is 138 cm³/mol. The van der Waals surface area contributed by atoms with Crippen molar-refractivity contribution in [2.75, 3.05) is 26.8 Å². The van der Waals surface area contributed by atoms with Crippen molar-refractivity contribution in [1.29, 1.82) is 0 Å². The number of guanidine groups is 1. The topological polar surface area (TPSA) is 85.6 Å². The second kappa shape index (κ2) is 12.4. The van der Waals surface area contributed by atoms with Gasteiger partial charge in [-0.3, -0.25) is 0 Å². The number of aliphatic imine (C=N–C) groups is 1. The Balaban J connectivity index is 0.00000363. The first kappa shape index (κ1) is 26.4. The average molecular weight is 556 g/mol. The van der Waals surface area contributed by atoms with Crippen molar-refractivity contribution in [1.82, 2.24) is 25.4 Å². The molecule has 3 rings (SSSR count). The lowest BCUT2D eigenvalue weighted by atomic mass is 9.86. The molecule has 0 fully saturated rings. The third kappa shape index (κ3) is 7.33. The molecule has 0 saturated heterocycles. The fraction of sp³-hybridized carbons (Fsp3) is 0.609. The minimum absolute atomic E-state index is 0. The van der Waals surface area contributed by atoms with Gasteiger partial charge >= 0.3 is 0 Å². The van der Waals surface area contributed by atoms with E-state index in [4.69, 9.17) is 14.5 Å². The Hall–Kier alpha value is -1.88. The standard InChI is InChI=1S/C23H36N6O2.HI/c1-6-24-22(25-13-14-31-19-10-8-7-9-18(19)23(2,3)4)26-17-11-12-21-27-20(16-30-5)28-29(21)15-17;/h7-10,17H,6,11-16H2,1-5H3,(H2,24,25,26);1H. The van der Waals surface area contributed by atoms with E-state index in [9.17, 15) is 0 Å². The SMILES string of the molecule is CCNC(=NCCOc1ccccc1C(C)(C)C)NC1CCc2nc(COC)nn2C1.I. The quantitative estimate of drug-likeness (QED) is 0.225. The molecule has 1 aliphatic rings. The zero-order valence-corrected chi connectivity index (χ0v) is 22.2. The van der Waals surface area contributed by atoms with E-state index in [-0.39, 0.29) is 35.4 Å². The normalized spacial score (nSPS) is 16.2. The minimum atomic E-state index is 0. The molecule has 1 aromatic heterocycles. The number of methoxy groups -OCH3 is 1. The van der Waals surface area contributed by atoms with E-state index >= 15 is 0 Å². The van der Waals surface area contributed by atoms with Crippen molar-refractivity contribution < 1.29 is 9.47 Å². The van der Waals surface area contributed by atoms with Gasteiger partial charge in [0, 0.05) is 26.1 Å². The zero-order chi connectivity index (χ0) is 22.3. The number of aromatic nitrogens is 3. The number of fused-ring (bicyclic) bond motifs is 1. The summed E-state index contributed by atoms with van der Waals surface area (Å²) in [6.07, 6.45) is 1.88. The second-order valence-electron chi connectivity index (χ2n) is 8.79. The minimum Gasteiger partial charge on any atom is -0.491 e. The van der Waals surface area contributed by atoms with Crippen LogP contribution in [-0.2, 0) is 29.7 Å². The number of halogens is 1. The zero-order valence-electron chi connectivity index (χ0n) is 19.9. The molecular formula is C23H37IN6O2. The highest BCUT2D eigenvalue weighted by molar-refractivity contribution is 14.0. The molecule has 32 heavy (non-hydrogen) atoms. The number of nitrogens with zero attached hydrogens (tertiary/aromatic N) is 4. The molecule has 0 radical (unpaired) electrons. The van der Waals surface area contributed by atoms with E-state index in [1.807, 2.05) is 16.8 Å². The van der Waals surface area contributed by atoms with Crippen LogP contribution in [0.25, 0.3) is 0 Å². The number of nitrogens with one attached hydrogen (secondary N) is 2. The molecule has 2 aromatic rings. The van der Waals surface area contributed by atoms with Crippen LogP contribution in [-0.4, -0.2) is 53.6 Å². The van der Waals surface area contributed by atoms with Gasteiger partial charge in [0.25, 0.3) is 0 Å². The van der Waals surface area contributed by atoms with Crippen LogP contribution < -0.4 is 15.4 Å². The van der Waals surface area contributed by atoms with E-state index in [1.54, 1.807) is 7.11 Å². The van der Waals surface area contributed by atoms with Crippen molar-refractivity contribution >= 4 is 29.9 Å². The fourth-order valence-corrected chi connectivity index (χ4v) is 3.71. The van der Waals surface area contributed by atoms with Gasteiger partial charge in [0.15, 0.2) is 11.8 Å². The molecule has 178 valence electrons. The number of benzene rings is 1. The lowest BCUT2D eigenvalue weighted by Gasteiger charge is -2.25. The van der Waals surface area contributed by atoms with Gasteiger partial charge in [0.05, 0.1) is 13.1 Å². The van der Waals surface area contributed by atoms with Crippen LogP contribution in [0.4, 0.5) is 0 Å². The number of hydrogen-bond acceptors (Lipinski definition) is 5. The maximum absolute atomic E-state index is 6.06. The molecule has 2 heterocycles. The molecule has 0 amide bonds. The van der Waals surface area contributed by atoms with Crippen LogP contribution in [0.2, 0.25) is 0 Å². The van der Waals surface area contributed by atoms with Crippen molar-refractivity contribution in [3.8, 4) is 5.75 Å². The number of aryl methyl sites for hydroxylation is 1. The van der Waals surface area contributed by atoms with Crippen LogP contribution >= 0.6 is 24.0 Å². The summed E-state index contributed by atoms with van der Waals surface area (Å²) in [5.41, 5.74) is 1.25. The number of para-hydroxylation sites is 1. The van der Waals surface area contributed by atoms with Gasteiger partial charge in [-0.2, -0.15) is 5.10 Å². The summed E-state index contributed by atoms with van der Waals surface area (Å²) in [5, 5.41) is 11.4. The summed E-state index contributed by atoms with van der Waals surface area (Å²) in [4.78, 5) is 9.25. The molecule has 1 aliphatic heterocycles. The van der Waals surface area contributed by atoms with Gasteiger partial charge < -0.3 is 20.1 Å². The average Bonchev–Trinajstić information content (AvgIpc) is 3.13. The summed E-state index contributed by atoms with van der Waals surface area (Å²) in [5.74, 6) is 3.51. The molecule has 0 aliphatic carbocycles. The lowest BCUT2D eigenvalue weighted by Crippen LogP contribution is -2.47. The highest BCUT2D eigenvalue weighted by Gasteiger charge is 2.22. The van der Waals surface area contributed by atoms with Gasteiger partial charge in [-0.1, -0.05) is 39.0 Å². The molecule has 0 bridgehead atoms. The smallest absolute Gasteiger partial charge is 0.191 e. The summed E-state index contributed by atoms with van der Waals surface area (Å²) in [6.45, 7) is 11.8. The van der Waals surface area contributed by atoms with Crippen LogP contribution in [0, 0.1) is 0 Å². The monoisotopic (exact) mass is 556 g/mol. The van der Waals surface area contributed by atoms with Gasteiger partial charge in [0.2, 0.25) is 0 Å². The molecule has 2 N–H and O–H groups in total. The summed E-state index contributed by atoms with van der Waals surface area (Å²) >= 11 is 0. The first-order valence-corrected chi connectivity index (χ1v) is 11.1. The fourth-order valence-electron chi connectivity index (χ4n) is 3.71. The number of hydrogen-bond donors (Lipinski definition) is 2. The van der Waals surface area contributed by atoms with Crippen molar-refractivity contribution in [3.05, 3.63) is 41.5 Å². The Bertz CT molecular complexity index is 878. The molecule has 1 unspecified atom stereocenters. The van der Waals surface area contributed by atoms with Gasteiger partial charge in [-0.25, -0.2) is 14.7 Å². The molecule has 8 nitrogen and oxygen atoms in total. The molecular weight excluding hydrogens is 519 g/mol. The first-order chi connectivity index (χ1) is 14.9. The maximum Gasteiger partial charge on any atom is 0.191 e. The van der Waals surface area contributed by atoms with Gasteiger partial charge in [-0.05, 0) is 30.4 Å².